The molecule has 2 N–H and O–H groups in total. The number of aryl methyl sites for hydroxylation is 1. The van der Waals surface area contributed by atoms with Gasteiger partial charge in [0.2, 0.25) is 0 Å². The van der Waals surface area contributed by atoms with Crippen LogP contribution in [0.1, 0.15) is 35.7 Å². The van der Waals surface area contributed by atoms with Crippen LogP contribution in [-0.2, 0) is 0 Å². The zero-order valence-electron chi connectivity index (χ0n) is 9.24. The van der Waals surface area contributed by atoms with Crippen LogP contribution in [0.15, 0.2) is 11.4 Å². The normalized spacial score (nSPS) is 20.4. The molecule has 0 radical (unpaired) electrons. The molecular weight excluding hydrogens is 222 g/mol. The average Bonchev–Trinajstić information content (AvgIpc) is 2.66. The van der Waals surface area contributed by atoms with Crippen molar-refractivity contribution in [3.63, 3.8) is 0 Å². The molecule has 2 heterocycles. The second kappa shape index (κ2) is 5.37. The molecule has 84 valence electrons. The lowest BCUT2D eigenvalue weighted by Gasteiger charge is -2.24. The van der Waals surface area contributed by atoms with Gasteiger partial charge in [-0.15, -0.1) is 11.3 Å². The lowest BCUT2D eigenvalue weighted by Crippen LogP contribution is -2.18. The van der Waals surface area contributed by atoms with Crippen molar-refractivity contribution in [1.29, 1.82) is 0 Å². The smallest absolute Gasteiger partial charge is 0.0395 e. The molecule has 0 aromatic carbocycles. The first-order valence-electron chi connectivity index (χ1n) is 5.64. The number of nitrogens with two attached hydrogens (primary N) is 1. The molecule has 0 spiro atoms. The lowest BCUT2D eigenvalue weighted by atomic mass is 9.93. The predicted octanol–water partition coefficient (Wildman–Crippen LogP) is 3.59. The first-order valence-corrected chi connectivity index (χ1v) is 7.68. The second-order valence-electron chi connectivity index (χ2n) is 4.37. The minimum atomic E-state index is 0.276. The first-order chi connectivity index (χ1) is 7.27. The van der Waals surface area contributed by atoms with E-state index in [0.717, 1.165) is 5.92 Å². The van der Waals surface area contributed by atoms with E-state index in [2.05, 4.69) is 30.1 Å². The molecule has 1 nitrogen and oxygen atoms in total. The van der Waals surface area contributed by atoms with Crippen molar-refractivity contribution in [2.24, 2.45) is 11.7 Å². The summed E-state index contributed by atoms with van der Waals surface area (Å²) in [6.45, 7) is 2.17. The fraction of sp³-hybridized carbons (Fsp3) is 0.667. The molecule has 1 atom stereocenters. The largest absolute Gasteiger partial charge is 0.323 e. The van der Waals surface area contributed by atoms with Gasteiger partial charge in [0.15, 0.2) is 0 Å². The van der Waals surface area contributed by atoms with Crippen LogP contribution in [0.2, 0.25) is 0 Å². The summed E-state index contributed by atoms with van der Waals surface area (Å²) in [7, 11) is 0. The Morgan fingerprint density at radius 2 is 2.20 bits per heavy atom. The molecular formula is C12H19NS2. The minimum Gasteiger partial charge on any atom is -0.323 e. The first kappa shape index (κ1) is 11.5. The van der Waals surface area contributed by atoms with E-state index in [0.29, 0.717) is 0 Å². The van der Waals surface area contributed by atoms with Crippen molar-refractivity contribution >= 4 is 23.1 Å². The lowest BCUT2D eigenvalue weighted by molar-refractivity contribution is 0.415. The highest BCUT2D eigenvalue weighted by Gasteiger charge is 2.19. The van der Waals surface area contributed by atoms with Crippen LogP contribution in [0.25, 0.3) is 0 Å². The van der Waals surface area contributed by atoms with Gasteiger partial charge in [-0.05, 0) is 60.6 Å². The molecule has 1 aliphatic rings. The van der Waals surface area contributed by atoms with Crippen LogP contribution < -0.4 is 5.73 Å². The van der Waals surface area contributed by atoms with Gasteiger partial charge in [0.05, 0.1) is 0 Å². The monoisotopic (exact) mass is 241 g/mol. The van der Waals surface area contributed by atoms with Crippen LogP contribution in [-0.4, -0.2) is 11.5 Å². The third-order valence-electron chi connectivity index (χ3n) is 3.17. The van der Waals surface area contributed by atoms with E-state index in [1.165, 1.54) is 41.2 Å². The van der Waals surface area contributed by atoms with Gasteiger partial charge < -0.3 is 5.73 Å². The number of hydrogen-bond donors (Lipinski definition) is 1. The maximum atomic E-state index is 6.27. The summed E-state index contributed by atoms with van der Waals surface area (Å²) < 4.78 is 0. The molecule has 0 aliphatic carbocycles. The topological polar surface area (TPSA) is 26.0 Å². The Morgan fingerprint density at radius 3 is 2.80 bits per heavy atom. The third kappa shape index (κ3) is 2.99. The molecule has 1 fully saturated rings. The Bertz CT molecular complexity index is 302. The summed E-state index contributed by atoms with van der Waals surface area (Å²) in [5.41, 5.74) is 7.65. The van der Waals surface area contributed by atoms with Gasteiger partial charge >= 0.3 is 0 Å². The summed E-state index contributed by atoms with van der Waals surface area (Å²) in [4.78, 5) is 1.40. The Morgan fingerprint density at radius 1 is 1.47 bits per heavy atom. The van der Waals surface area contributed by atoms with Crippen molar-refractivity contribution in [1.82, 2.24) is 0 Å². The molecule has 0 amide bonds. The predicted molar refractivity (Wildman–Crippen MR) is 70.7 cm³/mol. The van der Waals surface area contributed by atoms with Gasteiger partial charge in [-0.3, -0.25) is 0 Å². The van der Waals surface area contributed by atoms with Crippen LogP contribution >= 0.6 is 23.1 Å². The molecule has 1 aliphatic heterocycles. The Kier molecular flexibility index (Phi) is 4.12. The minimum absolute atomic E-state index is 0.276. The fourth-order valence-electron chi connectivity index (χ4n) is 2.21. The van der Waals surface area contributed by atoms with Gasteiger partial charge in [0.25, 0.3) is 0 Å². The van der Waals surface area contributed by atoms with Crippen LogP contribution in [0.5, 0.6) is 0 Å². The van der Waals surface area contributed by atoms with E-state index in [-0.39, 0.29) is 6.04 Å². The van der Waals surface area contributed by atoms with Gasteiger partial charge in [0, 0.05) is 10.9 Å². The van der Waals surface area contributed by atoms with Crippen molar-refractivity contribution in [3.8, 4) is 0 Å². The second-order valence-corrected chi connectivity index (χ2v) is 6.54. The zero-order chi connectivity index (χ0) is 10.7. The molecule has 1 aromatic rings. The highest BCUT2D eigenvalue weighted by Crippen LogP contribution is 2.32. The van der Waals surface area contributed by atoms with Crippen molar-refractivity contribution in [2.75, 3.05) is 11.5 Å². The SMILES string of the molecule is Cc1ccsc1C(N)CC1CCSCC1. The van der Waals surface area contributed by atoms with Crippen LogP contribution in [0, 0.1) is 12.8 Å². The maximum absolute atomic E-state index is 6.27. The summed E-state index contributed by atoms with van der Waals surface area (Å²) in [6.07, 6.45) is 3.91. The van der Waals surface area contributed by atoms with E-state index in [9.17, 15) is 0 Å². The molecule has 2 rings (SSSR count). The molecule has 0 saturated carbocycles. The van der Waals surface area contributed by atoms with Gasteiger partial charge in [-0.25, -0.2) is 0 Å². The number of rotatable bonds is 3. The van der Waals surface area contributed by atoms with E-state index >= 15 is 0 Å². The highest BCUT2D eigenvalue weighted by molar-refractivity contribution is 7.99. The third-order valence-corrected chi connectivity index (χ3v) is 5.37. The average molecular weight is 241 g/mol. The van der Waals surface area contributed by atoms with E-state index < -0.39 is 0 Å². The van der Waals surface area contributed by atoms with Crippen molar-refractivity contribution in [2.45, 2.75) is 32.2 Å². The molecule has 15 heavy (non-hydrogen) atoms. The number of thiophene rings is 1. The number of hydrogen-bond acceptors (Lipinski definition) is 3. The molecule has 3 heteroatoms. The fourth-order valence-corrected chi connectivity index (χ4v) is 4.36. The van der Waals surface area contributed by atoms with E-state index in [4.69, 9.17) is 5.73 Å². The highest BCUT2D eigenvalue weighted by atomic mass is 32.2. The zero-order valence-corrected chi connectivity index (χ0v) is 10.9. The summed E-state index contributed by atoms with van der Waals surface area (Å²) in [5, 5.41) is 2.15. The number of thioether (sulfide) groups is 1. The molecule has 1 saturated heterocycles. The molecule has 1 unspecified atom stereocenters. The Hall–Kier alpha value is 0.01000. The van der Waals surface area contributed by atoms with E-state index in [1.807, 2.05) is 11.3 Å². The van der Waals surface area contributed by atoms with Crippen LogP contribution in [0.3, 0.4) is 0 Å². The molecule has 1 aromatic heterocycles. The summed E-state index contributed by atoms with van der Waals surface area (Å²) in [5.74, 6) is 3.53. The Balaban J connectivity index is 1.91. The van der Waals surface area contributed by atoms with Crippen LogP contribution in [0.4, 0.5) is 0 Å². The van der Waals surface area contributed by atoms with Crippen molar-refractivity contribution in [3.05, 3.63) is 21.9 Å². The van der Waals surface area contributed by atoms with Gasteiger partial charge in [0.1, 0.15) is 0 Å². The standard InChI is InChI=1S/C12H19NS2/c1-9-2-7-15-12(9)11(13)8-10-3-5-14-6-4-10/h2,7,10-11H,3-6,8,13H2,1H3. The maximum Gasteiger partial charge on any atom is 0.0395 e. The Labute approximate surface area is 100 Å². The van der Waals surface area contributed by atoms with E-state index in [1.54, 1.807) is 0 Å². The summed E-state index contributed by atoms with van der Waals surface area (Å²) in [6, 6.07) is 2.45. The van der Waals surface area contributed by atoms with Gasteiger partial charge in [-0.1, -0.05) is 0 Å². The van der Waals surface area contributed by atoms with Gasteiger partial charge in [-0.2, -0.15) is 11.8 Å². The molecule has 0 bridgehead atoms. The quantitative estimate of drug-likeness (QED) is 0.875. The summed E-state index contributed by atoms with van der Waals surface area (Å²) >= 11 is 3.90. The van der Waals surface area contributed by atoms with Crippen molar-refractivity contribution < 1.29 is 0 Å².